The maximum absolute atomic E-state index is 9.04. The Morgan fingerprint density at radius 2 is 2.04 bits per heavy atom. The molecule has 0 unspecified atom stereocenters. The highest BCUT2D eigenvalue weighted by molar-refractivity contribution is 7.98. The van der Waals surface area contributed by atoms with E-state index < -0.39 is 0 Å². The summed E-state index contributed by atoms with van der Waals surface area (Å²) in [6.45, 7) is 1.74. The van der Waals surface area contributed by atoms with Gasteiger partial charge in [0.1, 0.15) is 11.6 Å². The van der Waals surface area contributed by atoms with Crippen LogP contribution in [0.5, 0.6) is 0 Å². The minimum atomic E-state index is 0.351. The summed E-state index contributed by atoms with van der Waals surface area (Å²) in [6.07, 6.45) is 4.14. The van der Waals surface area contributed by atoms with Gasteiger partial charge in [-0.2, -0.15) is 5.26 Å². The summed E-state index contributed by atoms with van der Waals surface area (Å²) in [5, 5.41) is 19.5. The van der Waals surface area contributed by atoms with E-state index in [-0.39, 0.29) is 0 Å². The summed E-state index contributed by atoms with van der Waals surface area (Å²) in [7, 11) is 0. The molecule has 0 spiro atoms. The lowest BCUT2D eigenvalue weighted by atomic mass is 10.2. The molecule has 2 aromatic rings. The normalized spacial score (nSPS) is 10.2. The van der Waals surface area contributed by atoms with Crippen LogP contribution in [0.4, 0.5) is 5.82 Å². The first-order valence-corrected chi connectivity index (χ1v) is 8.49. The third kappa shape index (κ3) is 5.95. The summed E-state index contributed by atoms with van der Waals surface area (Å²) in [5.41, 5.74) is 6.64. The van der Waals surface area contributed by atoms with E-state index in [2.05, 4.69) is 27.9 Å². The van der Waals surface area contributed by atoms with E-state index >= 15 is 0 Å². The molecule has 6 nitrogen and oxygen atoms in total. The molecule has 124 valence electrons. The maximum atomic E-state index is 9.04. The van der Waals surface area contributed by atoms with Gasteiger partial charge in [0.15, 0.2) is 11.0 Å². The second kappa shape index (κ2) is 10.3. The van der Waals surface area contributed by atoms with Crippen molar-refractivity contribution in [2.75, 3.05) is 11.6 Å². The van der Waals surface area contributed by atoms with Crippen molar-refractivity contribution < 1.29 is 0 Å². The van der Waals surface area contributed by atoms with Crippen LogP contribution in [0.25, 0.3) is 0 Å². The lowest BCUT2D eigenvalue weighted by molar-refractivity contribution is 0.931. The third-order valence-corrected chi connectivity index (χ3v) is 3.56. The number of allylic oxidation sites excluding steroid dienone is 1. The SMILES string of the molecule is CSc1nc(C)c(C#N)c(N/C(C=N)=C/N)n1.Sc1ccccc1. The van der Waals surface area contributed by atoms with Gasteiger partial charge < -0.3 is 16.5 Å². The number of nitrogens with one attached hydrogen (secondary N) is 2. The minimum Gasteiger partial charge on any atom is -0.403 e. The highest BCUT2D eigenvalue weighted by Gasteiger charge is 2.11. The number of hydrogen-bond acceptors (Lipinski definition) is 8. The topological polar surface area (TPSA) is 111 Å². The van der Waals surface area contributed by atoms with Crippen molar-refractivity contribution in [3.05, 3.63) is 53.5 Å². The number of thioether (sulfide) groups is 1. The van der Waals surface area contributed by atoms with Gasteiger partial charge in [0.2, 0.25) is 0 Å². The molecule has 1 aromatic heterocycles. The second-order valence-electron chi connectivity index (χ2n) is 4.36. The van der Waals surface area contributed by atoms with Crippen LogP contribution in [-0.4, -0.2) is 22.4 Å². The molecule has 24 heavy (non-hydrogen) atoms. The maximum Gasteiger partial charge on any atom is 0.189 e. The van der Waals surface area contributed by atoms with Crippen LogP contribution in [0.15, 0.2) is 52.3 Å². The quantitative estimate of drug-likeness (QED) is 0.289. The molecule has 0 aliphatic heterocycles. The molecular formula is C16H18N6S2. The first-order chi connectivity index (χ1) is 11.5. The number of nitrogens with two attached hydrogens (primary N) is 1. The number of rotatable bonds is 4. The highest BCUT2D eigenvalue weighted by Crippen LogP contribution is 2.20. The van der Waals surface area contributed by atoms with E-state index in [4.69, 9.17) is 16.4 Å². The largest absolute Gasteiger partial charge is 0.403 e. The van der Waals surface area contributed by atoms with Crippen molar-refractivity contribution >= 4 is 36.4 Å². The molecule has 4 N–H and O–H groups in total. The van der Waals surface area contributed by atoms with Gasteiger partial charge in [-0.1, -0.05) is 30.0 Å². The Balaban J connectivity index is 0.000000341. The summed E-state index contributed by atoms with van der Waals surface area (Å²) < 4.78 is 0. The number of aryl methyl sites for hydroxylation is 1. The van der Waals surface area contributed by atoms with Gasteiger partial charge in [0, 0.05) is 17.3 Å². The predicted molar refractivity (Wildman–Crippen MR) is 102 cm³/mol. The first-order valence-electron chi connectivity index (χ1n) is 6.81. The molecule has 0 atom stereocenters. The molecule has 0 fully saturated rings. The lowest BCUT2D eigenvalue weighted by Gasteiger charge is -2.09. The number of benzene rings is 1. The van der Waals surface area contributed by atoms with Crippen molar-refractivity contribution in [3.8, 4) is 6.07 Å². The molecule has 0 amide bonds. The van der Waals surface area contributed by atoms with Gasteiger partial charge in [0.05, 0.1) is 11.4 Å². The molecule has 8 heteroatoms. The summed E-state index contributed by atoms with van der Waals surface area (Å²) in [5.74, 6) is 0.365. The molecule has 1 heterocycles. The number of aromatic nitrogens is 2. The lowest BCUT2D eigenvalue weighted by Crippen LogP contribution is -2.09. The average molecular weight is 358 g/mol. The zero-order chi connectivity index (χ0) is 17.9. The fraction of sp³-hybridized carbons (Fsp3) is 0.125. The van der Waals surface area contributed by atoms with Gasteiger partial charge >= 0.3 is 0 Å². The molecule has 1 aromatic carbocycles. The van der Waals surface area contributed by atoms with Crippen molar-refractivity contribution in [1.82, 2.24) is 9.97 Å². The monoisotopic (exact) mass is 358 g/mol. The zero-order valence-electron chi connectivity index (χ0n) is 13.3. The Labute approximate surface area is 151 Å². The van der Waals surface area contributed by atoms with Crippen molar-refractivity contribution in [2.45, 2.75) is 17.0 Å². The number of hydrogen-bond donors (Lipinski definition) is 4. The number of anilines is 1. The van der Waals surface area contributed by atoms with Crippen LogP contribution in [0.3, 0.4) is 0 Å². The van der Waals surface area contributed by atoms with Crippen LogP contribution >= 0.6 is 24.4 Å². The molecule has 0 radical (unpaired) electrons. The Morgan fingerprint density at radius 1 is 1.38 bits per heavy atom. The van der Waals surface area contributed by atoms with Crippen LogP contribution in [0, 0.1) is 23.7 Å². The standard InChI is InChI=1S/C10H12N6S.C6H6S/c1-6-8(5-13)9(15-7(3-11)4-12)16-10(14-6)17-2;7-6-4-2-1-3-5-6/h3-4,11H,12H2,1-2H3,(H,14,15,16);1-5,7H/b7-4+,11-3?;. The predicted octanol–water partition coefficient (Wildman–Crippen LogP) is 3.22. The van der Waals surface area contributed by atoms with E-state index in [1.165, 1.54) is 18.0 Å². The highest BCUT2D eigenvalue weighted by atomic mass is 32.2. The molecule has 0 aliphatic carbocycles. The Hall–Kier alpha value is -2.50. The van der Waals surface area contributed by atoms with Gasteiger partial charge in [0.25, 0.3) is 0 Å². The van der Waals surface area contributed by atoms with Gasteiger partial charge in [-0.3, -0.25) is 0 Å². The van der Waals surface area contributed by atoms with Crippen LogP contribution in [-0.2, 0) is 0 Å². The first kappa shape index (κ1) is 19.5. The van der Waals surface area contributed by atoms with E-state index in [1.54, 1.807) is 6.92 Å². The summed E-state index contributed by atoms with van der Waals surface area (Å²) in [4.78, 5) is 9.36. The van der Waals surface area contributed by atoms with E-state index in [0.29, 0.717) is 27.9 Å². The number of thiol groups is 1. The van der Waals surface area contributed by atoms with Crippen molar-refractivity contribution in [3.63, 3.8) is 0 Å². The molecule has 0 aliphatic rings. The molecule has 0 saturated heterocycles. The van der Waals surface area contributed by atoms with Gasteiger partial charge in [-0.15, -0.1) is 12.6 Å². The average Bonchev–Trinajstić information content (AvgIpc) is 2.60. The van der Waals surface area contributed by atoms with E-state index in [9.17, 15) is 0 Å². The fourth-order valence-electron chi connectivity index (χ4n) is 1.55. The van der Waals surface area contributed by atoms with Crippen LogP contribution < -0.4 is 11.1 Å². The fourth-order valence-corrected chi connectivity index (χ4v) is 2.14. The summed E-state index contributed by atoms with van der Waals surface area (Å²) in [6, 6.07) is 11.8. The zero-order valence-corrected chi connectivity index (χ0v) is 15.0. The Morgan fingerprint density at radius 3 is 2.46 bits per heavy atom. The Kier molecular flexibility index (Phi) is 8.39. The minimum absolute atomic E-state index is 0.351. The molecule has 0 bridgehead atoms. The molecule has 2 rings (SSSR count). The van der Waals surface area contributed by atoms with Crippen LogP contribution in [0.2, 0.25) is 0 Å². The number of nitrogens with zero attached hydrogens (tertiary/aromatic N) is 3. The number of nitriles is 1. The third-order valence-electron chi connectivity index (χ3n) is 2.72. The molecule has 0 saturated carbocycles. The summed E-state index contributed by atoms with van der Waals surface area (Å²) >= 11 is 5.46. The van der Waals surface area contributed by atoms with E-state index in [1.807, 2.05) is 42.7 Å². The second-order valence-corrected chi connectivity index (χ2v) is 5.65. The van der Waals surface area contributed by atoms with Crippen molar-refractivity contribution in [2.24, 2.45) is 5.73 Å². The Bertz CT molecular complexity index is 753. The van der Waals surface area contributed by atoms with E-state index in [0.717, 1.165) is 11.1 Å². The smallest absolute Gasteiger partial charge is 0.189 e. The van der Waals surface area contributed by atoms with Crippen LogP contribution in [0.1, 0.15) is 11.3 Å². The van der Waals surface area contributed by atoms with Crippen molar-refractivity contribution in [1.29, 1.82) is 10.7 Å². The van der Waals surface area contributed by atoms with Gasteiger partial charge in [-0.05, 0) is 25.3 Å². The van der Waals surface area contributed by atoms with Gasteiger partial charge in [-0.25, -0.2) is 9.97 Å². The molecular weight excluding hydrogens is 340 g/mol.